The number of aryl methyl sites for hydroxylation is 2. The Bertz CT molecular complexity index is 954. The largest absolute Gasteiger partial charge is 0.351 e. The maximum Gasteiger partial charge on any atom is 0.247 e. The Labute approximate surface area is 192 Å². The topological polar surface area (TPSA) is 86.8 Å². The molecule has 1 atom stereocenters. The Morgan fingerprint density at radius 2 is 1.72 bits per heavy atom. The molecule has 0 aromatic heterocycles. The zero-order valence-electron chi connectivity index (χ0n) is 19.8. The number of sulfonamides is 1. The van der Waals surface area contributed by atoms with Gasteiger partial charge in [-0.05, 0) is 63.8 Å². The van der Waals surface area contributed by atoms with Crippen molar-refractivity contribution in [3.05, 3.63) is 29.3 Å². The van der Waals surface area contributed by atoms with E-state index in [0.29, 0.717) is 5.69 Å². The van der Waals surface area contributed by atoms with Crippen LogP contribution in [0.25, 0.3) is 0 Å². The van der Waals surface area contributed by atoms with Crippen molar-refractivity contribution in [3.8, 4) is 0 Å². The minimum Gasteiger partial charge on any atom is -0.351 e. The summed E-state index contributed by atoms with van der Waals surface area (Å²) in [5.41, 5.74) is 1.40. The van der Waals surface area contributed by atoms with Gasteiger partial charge in [0.25, 0.3) is 0 Å². The Hall–Kier alpha value is -1.93. The molecule has 1 aliphatic heterocycles. The smallest absolute Gasteiger partial charge is 0.247 e. The zero-order valence-corrected chi connectivity index (χ0v) is 20.6. The maximum atomic E-state index is 13.7. The first-order valence-electron chi connectivity index (χ1n) is 11.8. The fraction of sp³-hybridized carbons (Fsp3) is 0.667. The number of hydrogen-bond donors (Lipinski definition) is 1. The second-order valence-corrected chi connectivity index (χ2v) is 11.7. The maximum absolute atomic E-state index is 13.7. The van der Waals surface area contributed by atoms with Crippen molar-refractivity contribution < 1.29 is 18.0 Å². The molecule has 1 N–H and O–H groups in total. The molecule has 178 valence electrons. The van der Waals surface area contributed by atoms with Gasteiger partial charge in [-0.25, -0.2) is 8.42 Å². The van der Waals surface area contributed by atoms with Crippen LogP contribution in [0.4, 0.5) is 5.69 Å². The molecule has 1 aromatic rings. The quantitative estimate of drug-likeness (QED) is 0.726. The molecular formula is C24H37N3O4S. The highest BCUT2D eigenvalue weighted by atomic mass is 32.2. The Morgan fingerprint density at radius 3 is 2.31 bits per heavy atom. The number of rotatable bonds is 5. The van der Waals surface area contributed by atoms with Crippen molar-refractivity contribution in [1.29, 1.82) is 0 Å². The number of carbonyl (C=O) groups excluding carboxylic acids is 2. The number of carbonyl (C=O) groups is 2. The Kier molecular flexibility index (Phi) is 7.65. The summed E-state index contributed by atoms with van der Waals surface area (Å²) >= 11 is 0. The molecule has 1 heterocycles. The van der Waals surface area contributed by atoms with E-state index in [1.54, 1.807) is 13.8 Å². The van der Waals surface area contributed by atoms with E-state index in [2.05, 4.69) is 5.32 Å². The van der Waals surface area contributed by atoms with Gasteiger partial charge in [0, 0.05) is 18.3 Å². The van der Waals surface area contributed by atoms with E-state index in [4.69, 9.17) is 0 Å². The van der Waals surface area contributed by atoms with Crippen LogP contribution in [0.2, 0.25) is 0 Å². The number of amides is 2. The standard InChI is InChI=1S/C24H37N3O4S/c1-5-32(30,31)26-16-22(28)27(21-14-13-18(2)19(3)15-21)24(4,17-26)23(29)25-20-11-9-7-6-8-10-12-20/h13-15,20H,5-12,16-17H2,1-4H3,(H,25,29). The van der Waals surface area contributed by atoms with Crippen molar-refractivity contribution in [2.75, 3.05) is 23.7 Å². The van der Waals surface area contributed by atoms with Crippen LogP contribution >= 0.6 is 0 Å². The van der Waals surface area contributed by atoms with Crippen molar-refractivity contribution >= 4 is 27.5 Å². The van der Waals surface area contributed by atoms with E-state index >= 15 is 0 Å². The summed E-state index contributed by atoms with van der Waals surface area (Å²) in [6, 6.07) is 5.72. The molecule has 0 spiro atoms. The molecule has 0 bridgehead atoms. The molecule has 1 aliphatic carbocycles. The molecule has 2 amide bonds. The molecule has 7 nitrogen and oxygen atoms in total. The summed E-state index contributed by atoms with van der Waals surface area (Å²) in [5.74, 6) is -0.776. The van der Waals surface area contributed by atoms with E-state index < -0.39 is 15.6 Å². The van der Waals surface area contributed by atoms with Gasteiger partial charge in [-0.2, -0.15) is 4.31 Å². The van der Waals surface area contributed by atoms with Crippen LogP contribution in [0, 0.1) is 13.8 Å². The van der Waals surface area contributed by atoms with Gasteiger partial charge in [0.1, 0.15) is 5.54 Å². The van der Waals surface area contributed by atoms with E-state index in [-0.39, 0.29) is 36.7 Å². The zero-order chi connectivity index (χ0) is 23.5. The van der Waals surface area contributed by atoms with Crippen molar-refractivity contribution in [2.45, 2.75) is 84.2 Å². The molecule has 1 saturated heterocycles. The van der Waals surface area contributed by atoms with Crippen LogP contribution in [0.3, 0.4) is 0 Å². The highest BCUT2D eigenvalue weighted by molar-refractivity contribution is 7.89. The SMILES string of the molecule is CCS(=O)(=O)N1CC(=O)N(c2ccc(C)c(C)c2)C(C)(C(=O)NC2CCCCCCC2)C1. The molecule has 8 heteroatoms. The third-order valence-electron chi connectivity index (χ3n) is 6.98. The molecule has 1 aromatic carbocycles. The van der Waals surface area contributed by atoms with Gasteiger partial charge in [-0.15, -0.1) is 0 Å². The normalized spacial score (nSPS) is 24.1. The summed E-state index contributed by atoms with van der Waals surface area (Å²) in [6.07, 6.45) is 7.53. The molecular weight excluding hydrogens is 426 g/mol. The van der Waals surface area contributed by atoms with Crippen molar-refractivity contribution in [1.82, 2.24) is 9.62 Å². The molecule has 2 fully saturated rings. The number of benzene rings is 1. The molecule has 32 heavy (non-hydrogen) atoms. The molecule has 3 rings (SSSR count). The summed E-state index contributed by atoms with van der Waals surface area (Å²) < 4.78 is 26.5. The number of hydrogen-bond acceptors (Lipinski definition) is 4. The van der Waals surface area contributed by atoms with Crippen LogP contribution in [0.1, 0.15) is 69.9 Å². The number of anilines is 1. The Morgan fingerprint density at radius 1 is 1.09 bits per heavy atom. The second kappa shape index (κ2) is 9.91. The van der Waals surface area contributed by atoms with Gasteiger partial charge in [-0.3, -0.25) is 14.5 Å². The Balaban J connectivity index is 1.97. The van der Waals surface area contributed by atoms with Crippen LogP contribution in [0.15, 0.2) is 18.2 Å². The van der Waals surface area contributed by atoms with Gasteiger partial charge >= 0.3 is 0 Å². The van der Waals surface area contributed by atoms with Gasteiger partial charge in [0.15, 0.2) is 0 Å². The predicted octanol–water partition coefficient (Wildman–Crippen LogP) is 3.29. The fourth-order valence-corrected chi connectivity index (χ4v) is 5.87. The fourth-order valence-electron chi connectivity index (χ4n) is 4.75. The minimum absolute atomic E-state index is 0.0505. The minimum atomic E-state index is -3.62. The van der Waals surface area contributed by atoms with Crippen molar-refractivity contribution in [3.63, 3.8) is 0 Å². The molecule has 1 saturated carbocycles. The lowest BCUT2D eigenvalue weighted by atomic mass is 9.91. The summed E-state index contributed by atoms with van der Waals surface area (Å²) in [6.45, 7) is 6.90. The van der Waals surface area contributed by atoms with E-state index in [9.17, 15) is 18.0 Å². The third kappa shape index (κ3) is 5.17. The monoisotopic (exact) mass is 463 g/mol. The number of nitrogens with zero attached hydrogens (tertiary/aromatic N) is 2. The van der Waals surface area contributed by atoms with Gasteiger partial charge < -0.3 is 5.32 Å². The lowest BCUT2D eigenvalue weighted by Gasteiger charge is -2.47. The third-order valence-corrected chi connectivity index (χ3v) is 8.75. The average molecular weight is 464 g/mol. The van der Waals surface area contributed by atoms with Crippen LogP contribution < -0.4 is 10.2 Å². The lowest BCUT2D eigenvalue weighted by molar-refractivity contribution is -0.133. The lowest BCUT2D eigenvalue weighted by Crippen LogP contribution is -2.71. The summed E-state index contributed by atoms with van der Waals surface area (Å²) in [4.78, 5) is 28.5. The highest BCUT2D eigenvalue weighted by Gasteiger charge is 2.51. The number of nitrogens with one attached hydrogen (secondary N) is 1. The molecule has 2 aliphatic rings. The van der Waals surface area contributed by atoms with Gasteiger partial charge in [-0.1, -0.05) is 38.2 Å². The number of piperazine rings is 1. The summed E-state index contributed by atoms with van der Waals surface area (Å²) in [5, 5.41) is 3.18. The molecule has 1 unspecified atom stereocenters. The van der Waals surface area contributed by atoms with E-state index in [0.717, 1.165) is 36.8 Å². The van der Waals surface area contributed by atoms with E-state index in [1.165, 1.54) is 28.5 Å². The first kappa shape index (κ1) is 24.7. The van der Waals surface area contributed by atoms with Gasteiger partial charge in [0.05, 0.1) is 12.3 Å². The summed E-state index contributed by atoms with van der Waals surface area (Å²) in [7, 11) is -3.62. The first-order valence-corrected chi connectivity index (χ1v) is 13.4. The second-order valence-electron chi connectivity index (χ2n) is 9.46. The first-order chi connectivity index (χ1) is 15.1. The predicted molar refractivity (Wildman–Crippen MR) is 127 cm³/mol. The molecule has 0 radical (unpaired) electrons. The van der Waals surface area contributed by atoms with E-state index in [1.807, 2.05) is 32.0 Å². The highest BCUT2D eigenvalue weighted by Crippen LogP contribution is 2.32. The van der Waals surface area contributed by atoms with Crippen molar-refractivity contribution in [2.24, 2.45) is 0 Å². The van der Waals surface area contributed by atoms with Crippen LogP contribution in [-0.4, -0.2) is 55.0 Å². The average Bonchev–Trinajstić information content (AvgIpc) is 2.71. The van der Waals surface area contributed by atoms with Crippen LogP contribution in [0.5, 0.6) is 0 Å². The van der Waals surface area contributed by atoms with Gasteiger partial charge in [0.2, 0.25) is 21.8 Å². The van der Waals surface area contributed by atoms with Crippen LogP contribution in [-0.2, 0) is 19.6 Å².